The van der Waals surface area contributed by atoms with E-state index in [0.29, 0.717) is 16.5 Å². The van der Waals surface area contributed by atoms with E-state index in [-0.39, 0.29) is 0 Å². The van der Waals surface area contributed by atoms with Crippen LogP contribution in [-0.2, 0) is 0 Å². The van der Waals surface area contributed by atoms with Crippen molar-refractivity contribution in [3.05, 3.63) is 42.0 Å². The third-order valence-corrected chi connectivity index (χ3v) is 2.09. The molecule has 1 nitrogen and oxygen atoms in total. The van der Waals surface area contributed by atoms with Gasteiger partial charge in [0.1, 0.15) is 5.75 Å². The fourth-order valence-electron chi connectivity index (χ4n) is 1.35. The number of ether oxygens (including phenoxy) is 1. The number of rotatable bonds is 1. The molecule has 14 heavy (non-hydrogen) atoms. The van der Waals surface area contributed by atoms with Crippen LogP contribution in [-0.4, -0.2) is 7.11 Å². The van der Waals surface area contributed by atoms with Crippen molar-refractivity contribution in [2.24, 2.45) is 0 Å². The zero-order chi connectivity index (χ0) is 10.1. The summed E-state index contributed by atoms with van der Waals surface area (Å²) in [5, 5.41) is 1.29. The van der Waals surface area contributed by atoms with E-state index in [0.717, 1.165) is 6.07 Å². The van der Waals surface area contributed by atoms with Crippen LogP contribution < -0.4 is 4.74 Å². The largest absolute Gasteiger partial charge is 0.497 e. The summed E-state index contributed by atoms with van der Waals surface area (Å²) in [7, 11) is 1.53. The lowest BCUT2D eigenvalue weighted by Crippen LogP contribution is -1.86. The molecule has 2 aromatic carbocycles. The minimum Gasteiger partial charge on any atom is -0.497 e. The first-order valence-corrected chi connectivity index (χ1v) is 4.13. The summed E-state index contributed by atoms with van der Waals surface area (Å²) in [5.41, 5.74) is 0. The van der Waals surface area contributed by atoms with Gasteiger partial charge >= 0.3 is 0 Å². The Morgan fingerprint density at radius 2 is 1.57 bits per heavy atom. The smallest absolute Gasteiger partial charge is 0.159 e. The molecule has 0 bridgehead atoms. The highest BCUT2D eigenvalue weighted by molar-refractivity contribution is 5.84. The van der Waals surface area contributed by atoms with Crippen molar-refractivity contribution < 1.29 is 13.5 Å². The summed E-state index contributed by atoms with van der Waals surface area (Å²) in [6.45, 7) is 0. The topological polar surface area (TPSA) is 9.23 Å². The van der Waals surface area contributed by atoms with Crippen molar-refractivity contribution in [2.75, 3.05) is 7.11 Å². The minimum atomic E-state index is -0.842. The third kappa shape index (κ3) is 1.41. The number of hydrogen-bond acceptors (Lipinski definition) is 1. The molecule has 0 aliphatic heterocycles. The molecule has 72 valence electrons. The van der Waals surface area contributed by atoms with E-state index in [4.69, 9.17) is 4.74 Å². The van der Waals surface area contributed by atoms with Gasteiger partial charge in [-0.1, -0.05) is 6.07 Å². The molecule has 2 rings (SSSR count). The summed E-state index contributed by atoms with van der Waals surface area (Å²) >= 11 is 0. The fraction of sp³-hybridized carbons (Fsp3) is 0.0909. The molecule has 0 aromatic heterocycles. The summed E-state index contributed by atoms with van der Waals surface area (Å²) in [6.07, 6.45) is 0. The first kappa shape index (κ1) is 8.94. The van der Waals surface area contributed by atoms with Gasteiger partial charge in [-0.3, -0.25) is 0 Å². The molecular formula is C11H8F2O. The molecule has 0 spiro atoms. The van der Waals surface area contributed by atoms with Gasteiger partial charge in [-0.15, -0.1) is 0 Å². The molecular weight excluding hydrogens is 186 g/mol. The highest BCUT2D eigenvalue weighted by Crippen LogP contribution is 2.22. The maximum atomic E-state index is 12.9. The SMILES string of the molecule is COc1ccc2cc(F)c(F)cc2c1. The molecule has 0 atom stereocenters. The van der Waals surface area contributed by atoms with E-state index in [1.807, 2.05) is 0 Å². The van der Waals surface area contributed by atoms with Crippen LogP contribution in [0.5, 0.6) is 5.75 Å². The Labute approximate surface area is 79.9 Å². The van der Waals surface area contributed by atoms with E-state index < -0.39 is 11.6 Å². The molecule has 3 heteroatoms. The summed E-state index contributed by atoms with van der Waals surface area (Å²) in [4.78, 5) is 0. The van der Waals surface area contributed by atoms with E-state index in [2.05, 4.69) is 0 Å². The second-order valence-corrected chi connectivity index (χ2v) is 2.98. The average molecular weight is 194 g/mol. The quantitative estimate of drug-likeness (QED) is 0.677. The second kappa shape index (κ2) is 3.25. The molecule has 0 N–H and O–H groups in total. The number of fused-ring (bicyclic) bond motifs is 1. The van der Waals surface area contributed by atoms with E-state index in [1.165, 1.54) is 13.2 Å². The number of hydrogen-bond donors (Lipinski definition) is 0. The van der Waals surface area contributed by atoms with Gasteiger partial charge in [0.25, 0.3) is 0 Å². The summed E-state index contributed by atoms with van der Waals surface area (Å²) < 4.78 is 30.7. The maximum absolute atomic E-state index is 12.9. The van der Waals surface area contributed by atoms with E-state index >= 15 is 0 Å². The van der Waals surface area contributed by atoms with E-state index in [9.17, 15) is 8.78 Å². The van der Waals surface area contributed by atoms with Gasteiger partial charge in [-0.2, -0.15) is 0 Å². The van der Waals surface area contributed by atoms with Crippen molar-refractivity contribution in [3.8, 4) is 5.75 Å². The predicted molar refractivity (Wildman–Crippen MR) is 50.4 cm³/mol. The van der Waals surface area contributed by atoms with Crippen LogP contribution in [0.15, 0.2) is 30.3 Å². The van der Waals surface area contributed by atoms with Crippen molar-refractivity contribution >= 4 is 10.8 Å². The van der Waals surface area contributed by atoms with Crippen molar-refractivity contribution in [3.63, 3.8) is 0 Å². The Kier molecular flexibility index (Phi) is 2.08. The monoisotopic (exact) mass is 194 g/mol. The molecule has 0 aliphatic carbocycles. The van der Waals surface area contributed by atoms with Gasteiger partial charge in [-0.25, -0.2) is 8.78 Å². The van der Waals surface area contributed by atoms with Crippen LogP contribution in [0.2, 0.25) is 0 Å². The van der Waals surface area contributed by atoms with Crippen molar-refractivity contribution in [1.82, 2.24) is 0 Å². The number of halogens is 2. The number of methoxy groups -OCH3 is 1. The van der Waals surface area contributed by atoms with Gasteiger partial charge < -0.3 is 4.74 Å². The molecule has 0 aliphatic rings. The standard InChI is InChI=1S/C11H8F2O/c1-14-9-3-2-7-5-10(12)11(13)6-8(7)4-9/h2-6H,1H3. The molecule has 0 unspecified atom stereocenters. The Morgan fingerprint density at radius 1 is 0.929 bits per heavy atom. The van der Waals surface area contributed by atoms with Gasteiger partial charge in [-0.05, 0) is 35.0 Å². The Balaban J connectivity index is 2.70. The molecule has 0 saturated heterocycles. The molecule has 0 radical (unpaired) electrons. The Hall–Kier alpha value is -1.64. The highest BCUT2D eigenvalue weighted by Gasteiger charge is 2.04. The van der Waals surface area contributed by atoms with Crippen LogP contribution >= 0.6 is 0 Å². The Bertz CT molecular complexity index is 480. The first-order chi connectivity index (χ1) is 6.70. The average Bonchev–Trinajstić information content (AvgIpc) is 2.19. The zero-order valence-electron chi connectivity index (χ0n) is 7.55. The van der Waals surface area contributed by atoms with E-state index in [1.54, 1.807) is 18.2 Å². The highest BCUT2D eigenvalue weighted by atomic mass is 19.2. The van der Waals surface area contributed by atoms with Crippen LogP contribution in [0.3, 0.4) is 0 Å². The third-order valence-electron chi connectivity index (χ3n) is 2.09. The van der Waals surface area contributed by atoms with Gasteiger partial charge in [0, 0.05) is 0 Å². The normalized spacial score (nSPS) is 10.5. The molecule has 2 aromatic rings. The Morgan fingerprint density at radius 3 is 2.21 bits per heavy atom. The molecule has 0 heterocycles. The predicted octanol–water partition coefficient (Wildman–Crippen LogP) is 3.13. The van der Waals surface area contributed by atoms with Gasteiger partial charge in [0.2, 0.25) is 0 Å². The minimum absolute atomic E-state index is 0.628. The molecule has 0 saturated carbocycles. The lowest BCUT2D eigenvalue weighted by Gasteiger charge is -2.02. The zero-order valence-corrected chi connectivity index (χ0v) is 7.55. The fourth-order valence-corrected chi connectivity index (χ4v) is 1.35. The van der Waals surface area contributed by atoms with Crippen molar-refractivity contribution in [2.45, 2.75) is 0 Å². The summed E-state index contributed by atoms with van der Waals surface area (Å²) in [6, 6.07) is 7.39. The van der Waals surface area contributed by atoms with Gasteiger partial charge in [0.15, 0.2) is 11.6 Å². The van der Waals surface area contributed by atoms with Crippen molar-refractivity contribution in [1.29, 1.82) is 0 Å². The van der Waals surface area contributed by atoms with Crippen LogP contribution in [0.25, 0.3) is 10.8 Å². The molecule has 0 amide bonds. The lowest BCUT2D eigenvalue weighted by molar-refractivity contribution is 0.415. The number of benzene rings is 2. The molecule has 0 fully saturated rings. The first-order valence-electron chi connectivity index (χ1n) is 4.13. The maximum Gasteiger partial charge on any atom is 0.159 e. The lowest BCUT2D eigenvalue weighted by atomic mass is 10.1. The van der Waals surface area contributed by atoms with Crippen LogP contribution in [0, 0.1) is 11.6 Å². The summed E-state index contributed by atoms with van der Waals surface area (Å²) in [5.74, 6) is -1.04. The van der Waals surface area contributed by atoms with Crippen LogP contribution in [0.4, 0.5) is 8.78 Å². The second-order valence-electron chi connectivity index (χ2n) is 2.98. The van der Waals surface area contributed by atoms with Gasteiger partial charge in [0.05, 0.1) is 7.11 Å². The van der Waals surface area contributed by atoms with Crippen LogP contribution in [0.1, 0.15) is 0 Å².